The normalized spacial score (nSPS) is 10.4. The second kappa shape index (κ2) is 7.40. The van der Waals surface area contributed by atoms with Gasteiger partial charge in [-0.15, -0.1) is 0 Å². The van der Waals surface area contributed by atoms with E-state index in [-0.39, 0.29) is 5.91 Å². The van der Waals surface area contributed by atoms with Gasteiger partial charge in [0.2, 0.25) is 5.91 Å². The highest BCUT2D eigenvalue weighted by atomic mass is 16.1. The van der Waals surface area contributed by atoms with Crippen molar-refractivity contribution in [1.29, 1.82) is 0 Å². The van der Waals surface area contributed by atoms with Crippen molar-refractivity contribution in [3.05, 3.63) is 84.4 Å². The predicted octanol–water partition coefficient (Wildman–Crippen LogP) is 3.12. The van der Waals surface area contributed by atoms with Gasteiger partial charge in [-0.3, -0.25) is 4.79 Å². The molecule has 4 heteroatoms. The molecule has 0 atom stereocenters. The molecule has 0 bridgehead atoms. The SMILES string of the molecule is O=C(CCc1ccccc1)NCc1ccc(-n2ccnc2)cc1. The van der Waals surface area contributed by atoms with E-state index in [0.717, 1.165) is 17.7 Å². The molecule has 0 fully saturated rings. The van der Waals surface area contributed by atoms with Crippen LogP contribution in [-0.2, 0) is 17.8 Å². The number of aryl methyl sites for hydroxylation is 1. The summed E-state index contributed by atoms with van der Waals surface area (Å²) in [7, 11) is 0. The molecule has 0 saturated heterocycles. The van der Waals surface area contributed by atoms with Crippen LogP contribution in [0.4, 0.5) is 0 Å². The molecule has 0 aliphatic heterocycles. The van der Waals surface area contributed by atoms with Gasteiger partial charge in [0.25, 0.3) is 0 Å². The number of rotatable bonds is 6. The Labute approximate surface area is 135 Å². The quantitative estimate of drug-likeness (QED) is 0.760. The summed E-state index contributed by atoms with van der Waals surface area (Å²) >= 11 is 0. The third kappa shape index (κ3) is 4.30. The highest BCUT2D eigenvalue weighted by Crippen LogP contribution is 2.09. The van der Waals surface area contributed by atoms with E-state index in [1.165, 1.54) is 5.56 Å². The van der Waals surface area contributed by atoms with E-state index in [9.17, 15) is 4.79 Å². The first kappa shape index (κ1) is 15.0. The molecule has 3 aromatic rings. The molecule has 116 valence electrons. The Kier molecular flexibility index (Phi) is 4.84. The summed E-state index contributed by atoms with van der Waals surface area (Å²) in [5.74, 6) is 0.0764. The number of nitrogens with one attached hydrogen (secondary N) is 1. The fraction of sp³-hybridized carbons (Fsp3) is 0.158. The lowest BCUT2D eigenvalue weighted by Crippen LogP contribution is -2.22. The lowest BCUT2D eigenvalue weighted by molar-refractivity contribution is -0.121. The molecule has 1 aromatic heterocycles. The van der Waals surface area contributed by atoms with Gasteiger partial charge in [-0.25, -0.2) is 4.98 Å². The van der Waals surface area contributed by atoms with Crippen LogP contribution in [0.25, 0.3) is 5.69 Å². The van der Waals surface area contributed by atoms with Gasteiger partial charge in [-0.05, 0) is 29.7 Å². The number of carbonyl (C=O) groups is 1. The first-order valence-corrected chi connectivity index (χ1v) is 7.69. The van der Waals surface area contributed by atoms with Crippen LogP contribution in [0, 0.1) is 0 Å². The molecular formula is C19H19N3O. The van der Waals surface area contributed by atoms with Crippen molar-refractivity contribution in [2.24, 2.45) is 0 Å². The van der Waals surface area contributed by atoms with Gasteiger partial charge in [-0.1, -0.05) is 42.5 Å². The number of carbonyl (C=O) groups excluding carboxylic acids is 1. The number of hydrogen-bond donors (Lipinski definition) is 1. The zero-order valence-electron chi connectivity index (χ0n) is 12.9. The number of amides is 1. The topological polar surface area (TPSA) is 46.9 Å². The first-order valence-electron chi connectivity index (χ1n) is 7.69. The van der Waals surface area contributed by atoms with Crippen LogP contribution >= 0.6 is 0 Å². The van der Waals surface area contributed by atoms with Crippen LogP contribution in [0.1, 0.15) is 17.5 Å². The number of aromatic nitrogens is 2. The summed E-state index contributed by atoms with van der Waals surface area (Å²) in [6.07, 6.45) is 6.70. The molecule has 23 heavy (non-hydrogen) atoms. The summed E-state index contributed by atoms with van der Waals surface area (Å²) in [5.41, 5.74) is 3.33. The van der Waals surface area contributed by atoms with Gasteiger partial charge in [0.15, 0.2) is 0 Å². The highest BCUT2D eigenvalue weighted by molar-refractivity contribution is 5.76. The molecule has 4 nitrogen and oxygen atoms in total. The third-order valence-corrected chi connectivity index (χ3v) is 3.71. The number of nitrogens with zero attached hydrogens (tertiary/aromatic N) is 2. The van der Waals surface area contributed by atoms with Crippen molar-refractivity contribution in [3.63, 3.8) is 0 Å². The molecule has 0 spiro atoms. The van der Waals surface area contributed by atoms with Crippen molar-refractivity contribution in [2.75, 3.05) is 0 Å². The lowest BCUT2D eigenvalue weighted by atomic mass is 10.1. The fourth-order valence-corrected chi connectivity index (χ4v) is 2.39. The largest absolute Gasteiger partial charge is 0.352 e. The van der Waals surface area contributed by atoms with Gasteiger partial charge < -0.3 is 9.88 Å². The molecule has 0 aliphatic rings. The minimum Gasteiger partial charge on any atom is -0.352 e. The van der Waals surface area contributed by atoms with Gasteiger partial charge in [0.1, 0.15) is 0 Å². The van der Waals surface area contributed by atoms with Gasteiger partial charge >= 0.3 is 0 Å². The average molecular weight is 305 g/mol. The predicted molar refractivity (Wildman–Crippen MR) is 90.2 cm³/mol. The van der Waals surface area contributed by atoms with Crippen LogP contribution in [0.15, 0.2) is 73.3 Å². The Morgan fingerprint density at radius 1 is 1.00 bits per heavy atom. The molecule has 1 N–H and O–H groups in total. The maximum Gasteiger partial charge on any atom is 0.220 e. The van der Waals surface area contributed by atoms with Crippen LogP contribution in [-0.4, -0.2) is 15.5 Å². The maximum atomic E-state index is 11.9. The van der Waals surface area contributed by atoms with Crippen LogP contribution < -0.4 is 5.32 Å². The van der Waals surface area contributed by atoms with E-state index in [0.29, 0.717) is 13.0 Å². The summed E-state index contributed by atoms with van der Waals surface area (Å²) in [5, 5.41) is 2.97. The minimum atomic E-state index is 0.0764. The van der Waals surface area contributed by atoms with Gasteiger partial charge in [-0.2, -0.15) is 0 Å². The average Bonchev–Trinajstić information content (AvgIpc) is 3.14. The lowest BCUT2D eigenvalue weighted by Gasteiger charge is -2.07. The molecule has 2 aromatic carbocycles. The zero-order chi connectivity index (χ0) is 15.9. The second-order valence-electron chi connectivity index (χ2n) is 5.40. The Morgan fingerprint density at radius 3 is 2.48 bits per heavy atom. The van der Waals surface area contributed by atoms with E-state index in [1.807, 2.05) is 65.4 Å². The van der Waals surface area contributed by atoms with Crippen molar-refractivity contribution >= 4 is 5.91 Å². The summed E-state index contributed by atoms with van der Waals surface area (Å²) in [6.45, 7) is 0.553. The van der Waals surface area contributed by atoms with E-state index in [1.54, 1.807) is 12.5 Å². The van der Waals surface area contributed by atoms with Crippen LogP contribution in [0.3, 0.4) is 0 Å². The zero-order valence-corrected chi connectivity index (χ0v) is 12.9. The Hall–Kier alpha value is -2.88. The molecule has 1 amide bonds. The van der Waals surface area contributed by atoms with Crippen LogP contribution in [0.2, 0.25) is 0 Å². The van der Waals surface area contributed by atoms with Crippen molar-refractivity contribution in [3.8, 4) is 5.69 Å². The summed E-state index contributed by atoms with van der Waals surface area (Å²) in [6, 6.07) is 18.1. The molecule has 0 radical (unpaired) electrons. The number of hydrogen-bond acceptors (Lipinski definition) is 2. The number of benzene rings is 2. The van der Waals surface area contributed by atoms with E-state index >= 15 is 0 Å². The van der Waals surface area contributed by atoms with Crippen molar-refractivity contribution in [1.82, 2.24) is 14.9 Å². The van der Waals surface area contributed by atoms with Crippen molar-refractivity contribution < 1.29 is 4.79 Å². The highest BCUT2D eigenvalue weighted by Gasteiger charge is 2.03. The fourth-order valence-electron chi connectivity index (χ4n) is 2.39. The summed E-state index contributed by atoms with van der Waals surface area (Å²) in [4.78, 5) is 16.0. The van der Waals surface area contributed by atoms with E-state index in [4.69, 9.17) is 0 Å². The third-order valence-electron chi connectivity index (χ3n) is 3.71. The maximum absolute atomic E-state index is 11.9. The second-order valence-corrected chi connectivity index (χ2v) is 5.40. The molecular weight excluding hydrogens is 286 g/mol. The Balaban J connectivity index is 1.47. The van der Waals surface area contributed by atoms with Crippen molar-refractivity contribution in [2.45, 2.75) is 19.4 Å². The standard InChI is InChI=1S/C19H19N3O/c23-19(11-8-16-4-2-1-3-5-16)21-14-17-6-9-18(10-7-17)22-13-12-20-15-22/h1-7,9-10,12-13,15H,8,11,14H2,(H,21,23). The molecule has 0 unspecified atom stereocenters. The number of imidazole rings is 1. The van der Waals surface area contributed by atoms with Crippen LogP contribution in [0.5, 0.6) is 0 Å². The Bertz CT molecular complexity index is 734. The first-order chi connectivity index (χ1) is 11.3. The Morgan fingerprint density at radius 2 is 1.78 bits per heavy atom. The van der Waals surface area contributed by atoms with E-state index < -0.39 is 0 Å². The molecule has 0 aliphatic carbocycles. The molecule has 3 rings (SSSR count). The van der Waals surface area contributed by atoms with Gasteiger partial charge in [0, 0.05) is 31.0 Å². The molecule has 0 saturated carbocycles. The minimum absolute atomic E-state index is 0.0764. The molecule has 1 heterocycles. The summed E-state index contributed by atoms with van der Waals surface area (Å²) < 4.78 is 1.95. The van der Waals surface area contributed by atoms with E-state index in [2.05, 4.69) is 10.3 Å². The van der Waals surface area contributed by atoms with Gasteiger partial charge in [0.05, 0.1) is 6.33 Å². The smallest absolute Gasteiger partial charge is 0.220 e. The monoisotopic (exact) mass is 305 g/mol.